The molecule has 1 amide bonds. The molecule has 0 fully saturated rings. The fraction of sp³-hybridized carbons (Fsp3) is 0.533. The van der Waals surface area contributed by atoms with Gasteiger partial charge in [-0.05, 0) is 30.9 Å². The van der Waals surface area contributed by atoms with E-state index in [9.17, 15) is 4.79 Å². The van der Waals surface area contributed by atoms with Gasteiger partial charge in [0.05, 0.1) is 13.7 Å². The van der Waals surface area contributed by atoms with Crippen molar-refractivity contribution < 1.29 is 14.3 Å². The van der Waals surface area contributed by atoms with Gasteiger partial charge in [-0.15, -0.1) is 0 Å². The van der Waals surface area contributed by atoms with Crippen LogP contribution < -0.4 is 14.8 Å². The number of hydrogen-bond donors (Lipinski definition) is 1. The summed E-state index contributed by atoms with van der Waals surface area (Å²) in [5.74, 6) is 1.52. The second-order valence-corrected chi connectivity index (χ2v) is 4.76. The number of aryl methyl sites for hydroxylation is 1. The average Bonchev–Trinajstić information content (AvgIpc) is 2.58. The van der Waals surface area contributed by atoms with Crippen molar-refractivity contribution >= 4 is 11.6 Å². The molecule has 4 heteroatoms. The molecule has 0 aromatic heterocycles. The van der Waals surface area contributed by atoms with Gasteiger partial charge in [-0.1, -0.05) is 13.3 Å². The first-order valence-electron chi connectivity index (χ1n) is 6.88. The van der Waals surface area contributed by atoms with E-state index in [4.69, 9.17) is 9.47 Å². The molecule has 1 aromatic carbocycles. The molecule has 0 saturated heterocycles. The lowest BCUT2D eigenvalue weighted by Crippen LogP contribution is -2.09. The maximum absolute atomic E-state index is 11.6. The van der Waals surface area contributed by atoms with Gasteiger partial charge in [0.15, 0.2) is 11.5 Å². The Morgan fingerprint density at radius 2 is 2.11 bits per heavy atom. The SMILES string of the molecule is CCCCOc1cc2c(cc1OC)NC(=O)CCC2. The van der Waals surface area contributed by atoms with Crippen LogP contribution in [0.5, 0.6) is 11.5 Å². The molecule has 19 heavy (non-hydrogen) atoms. The Hall–Kier alpha value is -1.71. The van der Waals surface area contributed by atoms with E-state index in [0.29, 0.717) is 18.8 Å². The minimum Gasteiger partial charge on any atom is -0.493 e. The van der Waals surface area contributed by atoms with Crippen LogP contribution in [0.25, 0.3) is 0 Å². The van der Waals surface area contributed by atoms with Gasteiger partial charge < -0.3 is 14.8 Å². The molecule has 0 radical (unpaired) electrons. The molecule has 0 aliphatic carbocycles. The molecule has 0 bridgehead atoms. The second-order valence-electron chi connectivity index (χ2n) is 4.76. The maximum Gasteiger partial charge on any atom is 0.224 e. The summed E-state index contributed by atoms with van der Waals surface area (Å²) >= 11 is 0. The maximum atomic E-state index is 11.6. The molecule has 1 aromatic rings. The molecular weight excluding hydrogens is 242 g/mol. The highest BCUT2D eigenvalue weighted by atomic mass is 16.5. The van der Waals surface area contributed by atoms with Crippen LogP contribution >= 0.6 is 0 Å². The Morgan fingerprint density at radius 3 is 2.84 bits per heavy atom. The Labute approximate surface area is 114 Å². The first-order chi connectivity index (χ1) is 9.24. The molecule has 0 spiro atoms. The van der Waals surface area contributed by atoms with Gasteiger partial charge in [-0.3, -0.25) is 4.79 Å². The van der Waals surface area contributed by atoms with E-state index in [1.54, 1.807) is 7.11 Å². The first-order valence-corrected chi connectivity index (χ1v) is 6.88. The van der Waals surface area contributed by atoms with Gasteiger partial charge >= 0.3 is 0 Å². The number of hydrogen-bond acceptors (Lipinski definition) is 3. The summed E-state index contributed by atoms with van der Waals surface area (Å²) in [5, 5.41) is 2.92. The van der Waals surface area contributed by atoms with E-state index in [0.717, 1.165) is 42.7 Å². The van der Waals surface area contributed by atoms with Crippen LogP contribution in [0.15, 0.2) is 12.1 Å². The quantitative estimate of drug-likeness (QED) is 0.830. The summed E-state index contributed by atoms with van der Waals surface area (Å²) in [6, 6.07) is 3.86. The smallest absolute Gasteiger partial charge is 0.224 e. The highest BCUT2D eigenvalue weighted by Crippen LogP contribution is 2.35. The molecule has 104 valence electrons. The number of ether oxygens (including phenoxy) is 2. The van der Waals surface area contributed by atoms with Gasteiger partial charge in [0.1, 0.15) is 0 Å². The first kappa shape index (κ1) is 13.7. The number of methoxy groups -OCH3 is 1. The molecule has 0 atom stereocenters. The van der Waals surface area contributed by atoms with Crippen LogP contribution in [0, 0.1) is 0 Å². The van der Waals surface area contributed by atoms with Crippen molar-refractivity contribution in [1.82, 2.24) is 0 Å². The number of carbonyl (C=O) groups excluding carboxylic acids is 1. The van der Waals surface area contributed by atoms with Gasteiger partial charge in [-0.2, -0.15) is 0 Å². The molecule has 0 saturated carbocycles. The third-order valence-corrected chi connectivity index (χ3v) is 3.27. The number of fused-ring (bicyclic) bond motifs is 1. The summed E-state index contributed by atoms with van der Waals surface area (Å²) in [7, 11) is 1.62. The fourth-order valence-electron chi connectivity index (χ4n) is 2.18. The molecule has 2 rings (SSSR count). The van der Waals surface area contributed by atoms with E-state index in [2.05, 4.69) is 12.2 Å². The minimum absolute atomic E-state index is 0.0699. The molecule has 0 unspecified atom stereocenters. The zero-order valence-electron chi connectivity index (χ0n) is 11.6. The molecule has 1 heterocycles. The van der Waals surface area contributed by atoms with Crippen molar-refractivity contribution in [3.8, 4) is 11.5 Å². The van der Waals surface area contributed by atoms with Gasteiger partial charge in [0.25, 0.3) is 0 Å². The monoisotopic (exact) mass is 263 g/mol. The van der Waals surface area contributed by atoms with Gasteiger partial charge in [0.2, 0.25) is 5.91 Å². The van der Waals surface area contributed by atoms with E-state index >= 15 is 0 Å². The molecule has 4 nitrogen and oxygen atoms in total. The van der Waals surface area contributed by atoms with Gasteiger partial charge in [0, 0.05) is 18.2 Å². The number of nitrogens with one attached hydrogen (secondary N) is 1. The summed E-state index contributed by atoms with van der Waals surface area (Å²) in [6.45, 7) is 2.82. The third-order valence-electron chi connectivity index (χ3n) is 3.27. The zero-order valence-corrected chi connectivity index (χ0v) is 11.6. The van der Waals surface area contributed by atoms with Crippen LogP contribution in [0.1, 0.15) is 38.2 Å². The fourth-order valence-corrected chi connectivity index (χ4v) is 2.18. The van der Waals surface area contributed by atoms with Crippen molar-refractivity contribution in [3.05, 3.63) is 17.7 Å². The minimum atomic E-state index is 0.0699. The normalized spacial score (nSPS) is 14.3. The average molecular weight is 263 g/mol. The lowest BCUT2D eigenvalue weighted by molar-refractivity contribution is -0.116. The number of carbonyl (C=O) groups is 1. The molecule has 1 N–H and O–H groups in total. The standard InChI is InChI=1S/C15H21NO3/c1-3-4-8-19-14-9-11-6-5-7-15(17)16-12(11)10-13(14)18-2/h9-10H,3-8H2,1-2H3,(H,16,17). The van der Waals surface area contributed by atoms with E-state index in [-0.39, 0.29) is 5.91 Å². The van der Waals surface area contributed by atoms with Crippen LogP contribution in [0.2, 0.25) is 0 Å². The Morgan fingerprint density at radius 1 is 1.26 bits per heavy atom. The Bertz CT molecular complexity index is 457. The lowest BCUT2D eigenvalue weighted by Gasteiger charge is -2.15. The van der Waals surface area contributed by atoms with Crippen molar-refractivity contribution in [2.24, 2.45) is 0 Å². The number of unbranched alkanes of at least 4 members (excludes halogenated alkanes) is 1. The highest BCUT2D eigenvalue weighted by Gasteiger charge is 2.16. The van der Waals surface area contributed by atoms with Crippen molar-refractivity contribution in [3.63, 3.8) is 0 Å². The van der Waals surface area contributed by atoms with Crippen LogP contribution in [-0.2, 0) is 11.2 Å². The van der Waals surface area contributed by atoms with Gasteiger partial charge in [-0.25, -0.2) is 0 Å². The second kappa shape index (κ2) is 6.45. The van der Waals surface area contributed by atoms with Crippen LogP contribution in [0.4, 0.5) is 5.69 Å². The third kappa shape index (κ3) is 3.40. The number of anilines is 1. The van der Waals surface area contributed by atoms with Crippen LogP contribution in [-0.4, -0.2) is 19.6 Å². The van der Waals surface area contributed by atoms with E-state index in [1.807, 2.05) is 12.1 Å². The summed E-state index contributed by atoms with van der Waals surface area (Å²) in [6.07, 6.45) is 4.46. The Kier molecular flexibility index (Phi) is 4.66. The summed E-state index contributed by atoms with van der Waals surface area (Å²) in [5.41, 5.74) is 1.97. The molecule has 1 aliphatic rings. The highest BCUT2D eigenvalue weighted by molar-refractivity contribution is 5.92. The van der Waals surface area contributed by atoms with Crippen molar-refractivity contribution in [2.75, 3.05) is 19.0 Å². The van der Waals surface area contributed by atoms with E-state index in [1.165, 1.54) is 0 Å². The largest absolute Gasteiger partial charge is 0.493 e. The summed E-state index contributed by atoms with van der Waals surface area (Å²) in [4.78, 5) is 11.6. The van der Waals surface area contributed by atoms with Crippen molar-refractivity contribution in [1.29, 1.82) is 0 Å². The number of rotatable bonds is 5. The predicted molar refractivity (Wildman–Crippen MR) is 75.0 cm³/mol. The lowest BCUT2D eigenvalue weighted by atomic mass is 10.1. The Balaban J connectivity index is 2.24. The summed E-state index contributed by atoms with van der Waals surface area (Å²) < 4.78 is 11.1. The predicted octanol–water partition coefficient (Wildman–Crippen LogP) is 3.15. The van der Waals surface area contributed by atoms with Crippen molar-refractivity contribution in [2.45, 2.75) is 39.0 Å². The zero-order chi connectivity index (χ0) is 13.7. The molecule has 1 aliphatic heterocycles. The topological polar surface area (TPSA) is 47.6 Å². The van der Waals surface area contributed by atoms with E-state index < -0.39 is 0 Å². The molecular formula is C15H21NO3. The number of benzene rings is 1. The number of amides is 1. The van der Waals surface area contributed by atoms with Crippen LogP contribution in [0.3, 0.4) is 0 Å².